The van der Waals surface area contributed by atoms with Crippen molar-refractivity contribution in [2.45, 2.75) is 26.2 Å². The molecule has 0 radical (unpaired) electrons. The Kier molecular flexibility index (Phi) is 3.49. The van der Waals surface area contributed by atoms with Crippen LogP contribution < -0.4 is 0 Å². The molecule has 1 aromatic carbocycles. The van der Waals surface area contributed by atoms with E-state index in [0.29, 0.717) is 16.8 Å². The van der Waals surface area contributed by atoms with E-state index in [1.807, 2.05) is 20.8 Å². The van der Waals surface area contributed by atoms with Gasteiger partial charge >= 0.3 is 6.09 Å². The Balaban J connectivity index is 2.80. The van der Waals surface area contributed by atoms with Crippen LogP contribution in [0.5, 0.6) is 0 Å². The molecule has 4 heteroatoms. The van der Waals surface area contributed by atoms with Crippen molar-refractivity contribution in [2.24, 2.45) is 0 Å². The monoisotopic (exact) mass is 271 g/mol. The predicted octanol–water partition coefficient (Wildman–Crippen LogP) is 3.79. The first-order valence-corrected chi connectivity index (χ1v) is 6.36. The summed E-state index contributed by atoms with van der Waals surface area (Å²) < 4.78 is 1.17. The average molecular weight is 271 g/mol. The van der Waals surface area contributed by atoms with E-state index in [1.165, 1.54) is 10.8 Å². The van der Waals surface area contributed by atoms with Crippen molar-refractivity contribution in [3.8, 4) is 11.3 Å². The average Bonchev–Trinajstić information content (AvgIpc) is 2.83. The van der Waals surface area contributed by atoms with Gasteiger partial charge in [-0.25, -0.2) is 4.79 Å². The molecule has 0 unspecified atom stereocenters. The van der Waals surface area contributed by atoms with Crippen LogP contribution in [-0.2, 0) is 5.41 Å². The van der Waals surface area contributed by atoms with E-state index < -0.39 is 6.09 Å². The molecule has 0 aliphatic heterocycles. The maximum atomic E-state index is 11.4. The maximum Gasteiger partial charge on any atom is 0.416 e. The summed E-state index contributed by atoms with van der Waals surface area (Å²) in [6.07, 6.45) is 1.22. The number of rotatable bonds is 2. The predicted molar refractivity (Wildman–Crippen MR) is 77.4 cm³/mol. The summed E-state index contributed by atoms with van der Waals surface area (Å²) in [5, 5.41) is 9.34. The van der Waals surface area contributed by atoms with Gasteiger partial charge in [0.25, 0.3) is 0 Å². The van der Waals surface area contributed by atoms with Gasteiger partial charge < -0.3 is 5.11 Å². The minimum Gasteiger partial charge on any atom is -0.464 e. The van der Waals surface area contributed by atoms with Crippen molar-refractivity contribution < 1.29 is 14.7 Å². The second kappa shape index (κ2) is 4.96. The summed E-state index contributed by atoms with van der Waals surface area (Å²) in [6, 6.07) is 8.82. The van der Waals surface area contributed by atoms with Crippen molar-refractivity contribution in [3.63, 3.8) is 0 Å². The van der Waals surface area contributed by atoms with Crippen molar-refractivity contribution in [1.82, 2.24) is 4.57 Å². The molecule has 104 valence electrons. The highest BCUT2D eigenvalue weighted by Gasteiger charge is 2.25. The number of aromatic nitrogens is 1. The Morgan fingerprint density at radius 3 is 2.40 bits per heavy atom. The summed E-state index contributed by atoms with van der Waals surface area (Å²) >= 11 is 0. The lowest BCUT2D eigenvalue weighted by molar-refractivity contribution is 0.112. The lowest BCUT2D eigenvalue weighted by atomic mass is 9.85. The molecule has 0 aliphatic carbocycles. The number of benzene rings is 1. The van der Waals surface area contributed by atoms with Crippen molar-refractivity contribution in [2.75, 3.05) is 0 Å². The Hall–Kier alpha value is -2.36. The molecule has 0 saturated carbocycles. The van der Waals surface area contributed by atoms with E-state index in [-0.39, 0.29) is 5.41 Å². The second-order valence-corrected chi connectivity index (χ2v) is 5.69. The lowest BCUT2D eigenvalue weighted by Crippen LogP contribution is -2.15. The number of carboxylic acid groups (broad SMARTS) is 1. The van der Waals surface area contributed by atoms with E-state index in [2.05, 4.69) is 0 Å². The molecule has 2 rings (SSSR count). The fourth-order valence-corrected chi connectivity index (χ4v) is 2.29. The van der Waals surface area contributed by atoms with E-state index in [9.17, 15) is 14.7 Å². The van der Waals surface area contributed by atoms with Crippen LogP contribution in [0.2, 0.25) is 0 Å². The first kappa shape index (κ1) is 14.1. The summed E-state index contributed by atoms with van der Waals surface area (Å²) in [5.74, 6) is 0. The van der Waals surface area contributed by atoms with Crippen LogP contribution in [0.1, 0.15) is 36.7 Å². The highest BCUT2D eigenvalue weighted by Crippen LogP contribution is 2.35. The highest BCUT2D eigenvalue weighted by molar-refractivity contribution is 5.90. The van der Waals surface area contributed by atoms with Crippen LogP contribution in [0.3, 0.4) is 0 Å². The molecular weight excluding hydrogens is 254 g/mol. The molecule has 4 nitrogen and oxygen atoms in total. The number of aldehydes is 1. The molecule has 0 saturated heterocycles. The summed E-state index contributed by atoms with van der Waals surface area (Å²) in [6.45, 7) is 6.05. The number of nitrogens with zero attached hydrogens (tertiary/aromatic N) is 1. The number of carbonyl (C=O) groups excluding carboxylic acids is 1. The fourth-order valence-electron chi connectivity index (χ4n) is 2.29. The van der Waals surface area contributed by atoms with E-state index in [0.717, 1.165) is 11.8 Å². The zero-order valence-electron chi connectivity index (χ0n) is 11.8. The van der Waals surface area contributed by atoms with Gasteiger partial charge in [-0.2, -0.15) is 0 Å². The highest BCUT2D eigenvalue weighted by atomic mass is 16.4. The Morgan fingerprint density at radius 1 is 1.20 bits per heavy atom. The Morgan fingerprint density at radius 2 is 1.85 bits per heavy atom. The summed E-state index contributed by atoms with van der Waals surface area (Å²) in [5.41, 5.74) is 2.37. The zero-order valence-corrected chi connectivity index (χ0v) is 11.8. The third kappa shape index (κ3) is 2.37. The quantitative estimate of drug-likeness (QED) is 0.845. The van der Waals surface area contributed by atoms with E-state index >= 15 is 0 Å². The normalized spacial score (nSPS) is 11.3. The third-order valence-electron chi connectivity index (χ3n) is 3.24. The van der Waals surface area contributed by atoms with Crippen molar-refractivity contribution in [3.05, 3.63) is 47.7 Å². The van der Waals surface area contributed by atoms with Crippen LogP contribution in [0.15, 0.2) is 36.5 Å². The SMILES string of the molecule is CC(C)(C)c1ccn(C(=O)O)c1-c1ccccc1C=O. The van der Waals surface area contributed by atoms with Crippen LogP contribution >= 0.6 is 0 Å². The lowest BCUT2D eigenvalue weighted by Gasteiger charge is -2.21. The Bertz CT molecular complexity index is 663. The molecule has 0 fully saturated rings. The largest absolute Gasteiger partial charge is 0.464 e. The third-order valence-corrected chi connectivity index (χ3v) is 3.24. The molecule has 0 spiro atoms. The number of hydrogen-bond acceptors (Lipinski definition) is 2. The molecule has 0 bridgehead atoms. The molecule has 0 amide bonds. The topological polar surface area (TPSA) is 59.3 Å². The van der Waals surface area contributed by atoms with Gasteiger partial charge in [0.2, 0.25) is 0 Å². The van der Waals surface area contributed by atoms with E-state index in [4.69, 9.17) is 0 Å². The zero-order chi connectivity index (χ0) is 14.9. The van der Waals surface area contributed by atoms with Gasteiger partial charge in [-0.15, -0.1) is 0 Å². The number of carbonyl (C=O) groups is 2. The van der Waals surface area contributed by atoms with Gasteiger partial charge in [-0.1, -0.05) is 45.0 Å². The Labute approximate surface area is 117 Å². The molecular formula is C16H17NO3. The summed E-state index contributed by atoms with van der Waals surface area (Å²) in [7, 11) is 0. The second-order valence-electron chi connectivity index (χ2n) is 5.69. The first-order chi connectivity index (χ1) is 9.36. The van der Waals surface area contributed by atoms with Gasteiger partial charge in [0.15, 0.2) is 6.29 Å². The van der Waals surface area contributed by atoms with Crippen LogP contribution in [-0.4, -0.2) is 22.1 Å². The minimum atomic E-state index is -1.06. The molecule has 2 aromatic rings. The number of hydrogen-bond donors (Lipinski definition) is 1. The molecule has 1 N–H and O–H groups in total. The van der Waals surface area contributed by atoms with Crippen molar-refractivity contribution in [1.29, 1.82) is 0 Å². The summed E-state index contributed by atoms with van der Waals surface area (Å²) in [4.78, 5) is 22.6. The standard InChI is InChI=1S/C16H17NO3/c1-16(2,3)13-8-9-17(15(19)20)14(13)12-7-5-4-6-11(12)10-18/h4-10H,1-3H3,(H,19,20). The molecule has 0 aliphatic rings. The van der Waals surface area contributed by atoms with Crippen LogP contribution in [0, 0.1) is 0 Å². The van der Waals surface area contributed by atoms with Crippen LogP contribution in [0.25, 0.3) is 11.3 Å². The van der Waals surface area contributed by atoms with Crippen molar-refractivity contribution >= 4 is 12.4 Å². The van der Waals surface area contributed by atoms with Gasteiger partial charge in [0.1, 0.15) is 0 Å². The molecule has 20 heavy (non-hydrogen) atoms. The minimum absolute atomic E-state index is 0.216. The maximum absolute atomic E-state index is 11.4. The van der Waals surface area contributed by atoms with Gasteiger partial charge in [-0.3, -0.25) is 9.36 Å². The van der Waals surface area contributed by atoms with Gasteiger partial charge in [0.05, 0.1) is 5.69 Å². The van der Waals surface area contributed by atoms with Gasteiger partial charge in [0, 0.05) is 17.3 Å². The fraction of sp³-hybridized carbons (Fsp3) is 0.250. The molecule has 1 aromatic heterocycles. The van der Waals surface area contributed by atoms with Gasteiger partial charge in [-0.05, 0) is 17.0 Å². The van der Waals surface area contributed by atoms with E-state index in [1.54, 1.807) is 30.3 Å². The smallest absolute Gasteiger partial charge is 0.416 e. The van der Waals surface area contributed by atoms with Crippen LogP contribution in [0.4, 0.5) is 4.79 Å². The molecule has 0 atom stereocenters. The molecule has 1 heterocycles. The first-order valence-electron chi connectivity index (χ1n) is 6.36.